The first-order valence-corrected chi connectivity index (χ1v) is 6.39. The highest BCUT2D eigenvalue weighted by Crippen LogP contribution is 2.27. The van der Waals surface area contributed by atoms with Crippen LogP contribution in [0, 0.1) is 11.3 Å². The fourth-order valence-electron chi connectivity index (χ4n) is 2.14. The molecule has 20 heavy (non-hydrogen) atoms. The molecule has 2 aromatic carbocycles. The number of hydrogen-bond acceptors (Lipinski definition) is 2. The fourth-order valence-corrected chi connectivity index (χ4v) is 2.36. The Hall–Kier alpha value is -2.57. The molecular weight excluding hydrogens is 272 g/mol. The van der Waals surface area contributed by atoms with Gasteiger partial charge in [0.15, 0.2) is 5.43 Å². The maximum atomic E-state index is 12.1. The molecule has 1 aromatic heterocycles. The molecule has 3 nitrogen and oxygen atoms in total. The Morgan fingerprint density at radius 1 is 1.10 bits per heavy atom. The third-order valence-corrected chi connectivity index (χ3v) is 3.45. The second kappa shape index (κ2) is 4.84. The highest BCUT2D eigenvalue weighted by molar-refractivity contribution is 6.33. The summed E-state index contributed by atoms with van der Waals surface area (Å²) in [5.74, 6) is 0. The van der Waals surface area contributed by atoms with Crippen molar-refractivity contribution >= 4 is 22.5 Å². The van der Waals surface area contributed by atoms with E-state index < -0.39 is 0 Å². The SMILES string of the molecule is N#Cc1ccc(Cl)c(-c2cc(=O)c3ccccc3[nH]2)c1. The minimum Gasteiger partial charge on any atom is -0.354 e. The standard InChI is InChI=1S/C16H9ClN2O/c17-13-6-5-10(9-18)7-12(13)15-8-16(20)11-3-1-2-4-14(11)19-15/h1-8H,(H,19,20). The topological polar surface area (TPSA) is 56.6 Å². The van der Waals surface area contributed by atoms with Crippen LogP contribution in [-0.4, -0.2) is 4.98 Å². The van der Waals surface area contributed by atoms with Gasteiger partial charge in [-0.05, 0) is 30.3 Å². The Kier molecular flexibility index (Phi) is 3.02. The number of nitrogens with zero attached hydrogens (tertiary/aromatic N) is 1. The number of aromatic amines is 1. The maximum Gasteiger partial charge on any atom is 0.190 e. The molecule has 3 aromatic rings. The van der Waals surface area contributed by atoms with Crippen molar-refractivity contribution in [1.29, 1.82) is 5.26 Å². The molecule has 3 rings (SSSR count). The van der Waals surface area contributed by atoms with Crippen molar-refractivity contribution in [2.75, 3.05) is 0 Å². The first kappa shape index (κ1) is 12.5. The predicted molar refractivity (Wildman–Crippen MR) is 79.7 cm³/mol. The molecule has 0 saturated carbocycles. The van der Waals surface area contributed by atoms with E-state index >= 15 is 0 Å². The van der Waals surface area contributed by atoms with Gasteiger partial charge in [0.1, 0.15) is 0 Å². The summed E-state index contributed by atoms with van der Waals surface area (Å²) in [5, 5.41) is 10.1. The number of halogens is 1. The largest absolute Gasteiger partial charge is 0.354 e. The molecule has 0 aliphatic heterocycles. The van der Waals surface area contributed by atoms with E-state index in [-0.39, 0.29) is 5.43 Å². The number of nitriles is 1. The lowest BCUT2D eigenvalue weighted by Crippen LogP contribution is -2.02. The molecule has 4 heteroatoms. The fraction of sp³-hybridized carbons (Fsp3) is 0. The van der Waals surface area contributed by atoms with Gasteiger partial charge in [-0.1, -0.05) is 23.7 Å². The van der Waals surface area contributed by atoms with Crippen LogP contribution in [0.1, 0.15) is 5.56 Å². The molecule has 0 fully saturated rings. The Morgan fingerprint density at radius 3 is 2.70 bits per heavy atom. The molecule has 0 spiro atoms. The van der Waals surface area contributed by atoms with Crippen LogP contribution in [0.4, 0.5) is 0 Å². The van der Waals surface area contributed by atoms with Crippen molar-refractivity contribution in [1.82, 2.24) is 4.98 Å². The number of hydrogen-bond donors (Lipinski definition) is 1. The molecule has 0 bridgehead atoms. The molecule has 0 saturated heterocycles. The van der Waals surface area contributed by atoms with Crippen LogP contribution in [0.15, 0.2) is 53.3 Å². The Bertz CT molecular complexity index is 906. The summed E-state index contributed by atoms with van der Waals surface area (Å²) in [6.07, 6.45) is 0. The van der Waals surface area contributed by atoms with Crippen LogP contribution in [0.2, 0.25) is 5.02 Å². The smallest absolute Gasteiger partial charge is 0.190 e. The van der Waals surface area contributed by atoms with Crippen LogP contribution >= 0.6 is 11.6 Å². The van der Waals surface area contributed by atoms with Crippen molar-refractivity contribution in [2.24, 2.45) is 0 Å². The lowest BCUT2D eigenvalue weighted by molar-refractivity contribution is 1.37. The van der Waals surface area contributed by atoms with Gasteiger partial charge in [-0.15, -0.1) is 0 Å². The van der Waals surface area contributed by atoms with E-state index in [0.29, 0.717) is 27.2 Å². The van der Waals surface area contributed by atoms with E-state index in [1.807, 2.05) is 18.2 Å². The van der Waals surface area contributed by atoms with Gasteiger partial charge in [-0.3, -0.25) is 4.79 Å². The van der Waals surface area contributed by atoms with E-state index in [1.54, 1.807) is 24.3 Å². The number of pyridine rings is 1. The van der Waals surface area contributed by atoms with Gasteiger partial charge in [0, 0.05) is 27.6 Å². The summed E-state index contributed by atoms with van der Waals surface area (Å²) >= 11 is 6.16. The average Bonchev–Trinajstić information content (AvgIpc) is 2.48. The number of nitrogens with one attached hydrogen (secondary N) is 1. The Balaban J connectivity index is 2.31. The molecule has 0 radical (unpaired) electrons. The van der Waals surface area contributed by atoms with Crippen molar-refractivity contribution in [3.8, 4) is 17.3 Å². The highest BCUT2D eigenvalue weighted by Gasteiger charge is 2.08. The lowest BCUT2D eigenvalue weighted by atomic mass is 10.1. The average molecular weight is 281 g/mol. The zero-order chi connectivity index (χ0) is 14.1. The summed E-state index contributed by atoms with van der Waals surface area (Å²) in [7, 11) is 0. The number of rotatable bonds is 1. The van der Waals surface area contributed by atoms with Crippen LogP contribution in [0.3, 0.4) is 0 Å². The minimum absolute atomic E-state index is 0.0761. The lowest BCUT2D eigenvalue weighted by Gasteiger charge is -2.07. The summed E-state index contributed by atoms with van der Waals surface area (Å²) in [4.78, 5) is 15.3. The number of aromatic nitrogens is 1. The minimum atomic E-state index is -0.0761. The number of fused-ring (bicyclic) bond motifs is 1. The molecule has 0 aliphatic carbocycles. The Morgan fingerprint density at radius 2 is 1.90 bits per heavy atom. The van der Waals surface area contributed by atoms with Crippen LogP contribution in [0.5, 0.6) is 0 Å². The van der Waals surface area contributed by atoms with E-state index in [4.69, 9.17) is 16.9 Å². The van der Waals surface area contributed by atoms with Crippen molar-refractivity contribution in [3.05, 3.63) is 69.3 Å². The first-order valence-electron chi connectivity index (χ1n) is 6.01. The quantitative estimate of drug-likeness (QED) is 0.738. The van der Waals surface area contributed by atoms with Gasteiger partial charge < -0.3 is 4.98 Å². The third kappa shape index (κ3) is 2.07. The Labute approximate surface area is 120 Å². The summed E-state index contributed by atoms with van der Waals surface area (Å²) in [6.45, 7) is 0. The van der Waals surface area contributed by atoms with Crippen molar-refractivity contribution < 1.29 is 0 Å². The molecule has 96 valence electrons. The predicted octanol–water partition coefficient (Wildman–Crippen LogP) is 3.72. The van der Waals surface area contributed by atoms with Crippen LogP contribution in [-0.2, 0) is 0 Å². The van der Waals surface area contributed by atoms with E-state index in [0.717, 1.165) is 5.52 Å². The van der Waals surface area contributed by atoms with E-state index in [9.17, 15) is 4.79 Å². The van der Waals surface area contributed by atoms with Crippen molar-refractivity contribution in [2.45, 2.75) is 0 Å². The molecule has 0 amide bonds. The van der Waals surface area contributed by atoms with Gasteiger partial charge in [-0.2, -0.15) is 5.26 Å². The number of benzene rings is 2. The molecule has 0 aliphatic rings. The van der Waals surface area contributed by atoms with Gasteiger partial charge in [0.25, 0.3) is 0 Å². The summed E-state index contributed by atoms with van der Waals surface area (Å²) in [6, 6.07) is 15.8. The second-order valence-electron chi connectivity index (χ2n) is 4.40. The zero-order valence-electron chi connectivity index (χ0n) is 10.4. The van der Waals surface area contributed by atoms with E-state index in [2.05, 4.69) is 11.1 Å². The van der Waals surface area contributed by atoms with Gasteiger partial charge in [-0.25, -0.2) is 0 Å². The van der Waals surface area contributed by atoms with Gasteiger partial charge in [0.05, 0.1) is 17.3 Å². The molecule has 0 atom stereocenters. The number of para-hydroxylation sites is 1. The van der Waals surface area contributed by atoms with Crippen LogP contribution < -0.4 is 5.43 Å². The van der Waals surface area contributed by atoms with Gasteiger partial charge in [0.2, 0.25) is 0 Å². The second-order valence-corrected chi connectivity index (χ2v) is 4.81. The zero-order valence-corrected chi connectivity index (χ0v) is 11.1. The van der Waals surface area contributed by atoms with E-state index in [1.165, 1.54) is 6.07 Å². The molecule has 0 unspecified atom stereocenters. The molecule has 1 heterocycles. The normalized spacial score (nSPS) is 10.4. The van der Waals surface area contributed by atoms with Crippen LogP contribution in [0.25, 0.3) is 22.2 Å². The highest BCUT2D eigenvalue weighted by atomic mass is 35.5. The third-order valence-electron chi connectivity index (χ3n) is 3.12. The summed E-state index contributed by atoms with van der Waals surface area (Å²) in [5.41, 5.74) is 2.42. The summed E-state index contributed by atoms with van der Waals surface area (Å²) < 4.78 is 0. The maximum absolute atomic E-state index is 12.1. The van der Waals surface area contributed by atoms with Crippen molar-refractivity contribution in [3.63, 3.8) is 0 Å². The first-order chi connectivity index (χ1) is 9.69. The number of H-pyrrole nitrogens is 1. The monoisotopic (exact) mass is 280 g/mol. The molecule has 1 N–H and O–H groups in total. The molecular formula is C16H9ClN2O. The van der Waals surface area contributed by atoms with Gasteiger partial charge >= 0.3 is 0 Å².